The van der Waals surface area contributed by atoms with Gasteiger partial charge in [-0.05, 0) is 61.9 Å². The molecule has 0 radical (unpaired) electrons. The number of anilines is 1. The number of amides is 1. The topological polar surface area (TPSA) is 82.5 Å². The molecule has 4 rings (SSSR count). The third-order valence-corrected chi connectivity index (χ3v) is 5.29. The van der Waals surface area contributed by atoms with Crippen LogP contribution in [0.1, 0.15) is 18.5 Å². The van der Waals surface area contributed by atoms with Gasteiger partial charge in [-0.2, -0.15) is 5.10 Å². The number of halogens is 1. The van der Waals surface area contributed by atoms with Gasteiger partial charge in [0.2, 0.25) is 5.91 Å². The highest BCUT2D eigenvalue weighted by molar-refractivity contribution is 5.93. The molecule has 35 heavy (non-hydrogen) atoms. The first kappa shape index (κ1) is 23.7. The largest absolute Gasteiger partial charge is 0.497 e. The number of aromatic nitrogens is 2. The van der Waals surface area contributed by atoms with Gasteiger partial charge in [0, 0.05) is 17.3 Å². The van der Waals surface area contributed by atoms with Crippen molar-refractivity contribution in [3.8, 4) is 28.5 Å². The van der Waals surface area contributed by atoms with Crippen molar-refractivity contribution >= 4 is 11.6 Å². The van der Waals surface area contributed by atoms with E-state index in [9.17, 15) is 14.0 Å². The van der Waals surface area contributed by atoms with E-state index < -0.39 is 23.3 Å². The highest BCUT2D eigenvalue weighted by atomic mass is 19.1. The van der Waals surface area contributed by atoms with Crippen molar-refractivity contribution in [1.82, 2.24) is 9.78 Å². The Morgan fingerprint density at radius 2 is 1.74 bits per heavy atom. The van der Waals surface area contributed by atoms with Gasteiger partial charge in [0.05, 0.1) is 12.8 Å². The van der Waals surface area contributed by atoms with Gasteiger partial charge in [0.15, 0.2) is 5.75 Å². The highest BCUT2D eigenvalue weighted by Crippen LogP contribution is 2.26. The molecule has 0 aliphatic rings. The van der Waals surface area contributed by atoms with E-state index in [0.29, 0.717) is 28.3 Å². The van der Waals surface area contributed by atoms with E-state index in [0.717, 1.165) is 4.68 Å². The van der Waals surface area contributed by atoms with Crippen LogP contribution in [0.2, 0.25) is 0 Å². The quantitative estimate of drug-likeness (QED) is 0.391. The SMILES string of the molecule is COc1cccc(-c2cc(Oc3ccccc3)c(=O)n(C(C)C(=O)Nc3cc(C)cc(F)c3)n2)c1. The van der Waals surface area contributed by atoms with Gasteiger partial charge in [-0.15, -0.1) is 0 Å². The Labute approximate surface area is 201 Å². The molecule has 3 aromatic carbocycles. The summed E-state index contributed by atoms with van der Waals surface area (Å²) in [6, 6.07) is 20.7. The van der Waals surface area contributed by atoms with E-state index in [4.69, 9.17) is 9.47 Å². The van der Waals surface area contributed by atoms with Gasteiger partial charge in [0.25, 0.3) is 0 Å². The molecular weight excluding hydrogens is 449 g/mol. The molecule has 4 aromatic rings. The molecule has 1 unspecified atom stereocenters. The molecule has 1 amide bonds. The van der Waals surface area contributed by atoms with E-state index in [-0.39, 0.29) is 11.4 Å². The fourth-order valence-corrected chi connectivity index (χ4v) is 3.53. The summed E-state index contributed by atoms with van der Waals surface area (Å²) in [6.07, 6.45) is 0. The van der Waals surface area contributed by atoms with Crippen molar-refractivity contribution in [2.75, 3.05) is 12.4 Å². The summed E-state index contributed by atoms with van der Waals surface area (Å²) in [5.74, 6) is 0.0799. The second-order valence-electron chi connectivity index (χ2n) is 7.97. The normalized spacial score (nSPS) is 11.5. The third kappa shape index (κ3) is 5.55. The summed E-state index contributed by atoms with van der Waals surface area (Å²) < 4.78 is 26.0. The highest BCUT2D eigenvalue weighted by Gasteiger charge is 2.22. The molecule has 1 N–H and O–H groups in total. The van der Waals surface area contributed by atoms with E-state index in [2.05, 4.69) is 10.4 Å². The van der Waals surface area contributed by atoms with Crippen LogP contribution in [0.15, 0.2) is 83.7 Å². The first-order valence-electron chi connectivity index (χ1n) is 10.9. The lowest BCUT2D eigenvalue weighted by molar-refractivity contribution is -0.119. The average molecular weight is 474 g/mol. The number of hydrogen-bond donors (Lipinski definition) is 1. The maximum atomic E-state index is 13.8. The zero-order chi connectivity index (χ0) is 24.9. The summed E-state index contributed by atoms with van der Waals surface area (Å²) in [6.45, 7) is 3.26. The molecule has 178 valence electrons. The Kier molecular flexibility index (Phi) is 6.91. The van der Waals surface area contributed by atoms with Crippen molar-refractivity contribution in [2.45, 2.75) is 19.9 Å². The number of nitrogens with zero attached hydrogens (tertiary/aromatic N) is 2. The second-order valence-corrected chi connectivity index (χ2v) is 7.97. The first-order valence-corrected chi connectivity index (χ1v) is 10.9. The molecule has 0 spiro atoms. The Morgan fingerprint density at radius 3 is 2.46 bits per heavy atom. The van der Waals surface area contributed by atoms with Gasteiger partial charge in [-0.1, -0.05) is 30.3 Å². The number of hydrogen-bond acceptors (Lipinski definition) is 5. The fourth-order valence-electron chi connectivity index (χ4n) is 3.53. The Hall–Kier alpha value is -4.46. The number of para-hydroxylation sites is 1. The van der Waals surface area contributed by atoms with Gasteiger partial charge >= 0.3 is 5.56 Å². The van der Waals surface area contributed by atoms with Crippen LogP contribution >= 0.6 is 0 Å². The molecule has 8 heteroatoms. The maximum Gasteiger partial charge on any atom is 0.310 e. The molecule has 0 bridgehead atoms. The number of carbonyl (C=O) groups is 1. The Balaban J connectivity index is 1.75. The number of ether oxygens (including phenoxy) is 2. The number of rotatable bonds is 7. The van der Waals surface area contributed by atoms with E-state index in [1.807, 2.05) is 12.1 Å². The predicted molar refractivity (Wildman–Crippen MR) is 131 cm³/mol. The molecule has 0 fully saturated rings. The summed E-state index contributed by atoms with van der Waals surface area (Å²) in [5.41, 5.74) is 1.44. The van der Waals surface area contributed by atoms with Gasteiger partial charge in [-0.25, -0.2) is 9.07 Å². The van der Waals surface area contributed by atoms with Crippen LogP contribution < -0.4 is 20.3 Å². The van der Waals surface area contributed by atoms with Crippen molar-refractivity contribution in [3.05, 3.63) is 101 Å². The summed E-state index contributed by atoms with van der Waals surface area (Å²) >= 11 is 0. The van der Waals surface area contributed by atoms with E-state index in [1.165, 1.54) is 25.1 Å². The molecule has 0 saturated carbocycles. The van der Waals surface area contributed by atoms with Gasteiger partial charge < -0.3 is 14.8 Å². The van der Waals surface area contributed by atoms with Crippen LogP contribution in [-0.4, -0.2) is 22.8 Å². The van der Waals surface area contributed by atoms with Crippen LogP contribution in [0, 0.1) is 12.7 Å². The minimum Gasteiger partial charge on any atom is -0.497 e. The lowest BCUT2D eigenvalue weighted by Gasteiger charge is -2.17. The molecule has 1 atom stereocenters. The minimum absolute atomic E-state index is 0.00488. The van der Waals surface area contributed by atoms with Gasteiger partial charge in [-0.3, -0.25) is 9.59 Å². The number of carbonyl (C=O) groups excluding carboxylic acids is 1. The predicted octanol–water partition coefficient (Wildman–Crippen LogP) is 5.36. The van der Waals surface area contributed by atoms with Gasteiger partial charge in [0.1, 0.15) is 23.4 Å². The van der Waals surface area contributed by atoms with Crippen LogP contribution in [0.5, 0.6) is 17.2 Å². The first-order chi connectivity index (χ1) is 16.8. The van der Waals surface area contributed by atoms with Crippen LogP contribution in [0.4, 0.5) is 10.1 Å². The Bertz CT molecular complexity index is 1400. The summed E-state index contributed by atoms with van der Waals surface area (Å²) in [7, 11) is 1.55. The van der Waals surface area contributed by atoms with Crippen LogP contribution in [0.3, 0.4) is 0 Å². The van der Waals surface area contributed by atoms with Crippen molar-refractivity contribution in [3.63, 3.8) is 0 Å². The lowest BCUT2D eigenvalue weighted by atomic mass is 10.1. The van der Waals surface area contributed by atoms with Crippen molar-refractivity contribution < 1.29 is 18.7 Å². The maximum absolute atomic E-state index is 13.8. The standard InChI is InChI=1S/C27H24FN3O4/c1-17-12-20(28)15-21(13-17)29-26(32)18(2)31-27(33)25(35-22-9-5-4-6-10-22)16-24(30-31)19-8-7-11-23(14-19)34-3/h4-16,18H,1-3H3,(H,29,32). The lowest BCUT2D eigenvalue weighted by Crippen LogP contribution is -2.34. The molecule has 1 heterocycles. The smallest absolute Gasteiger partial charge is 0.310 e. The molecule has 7 nitrogen and oxygen atoms in total. The van der Waals surface area contributed by atoms with E-state index in [1.54, 1.807) is 62.6 Å². The molecule has 1 aromatic heterocycles. The Morgan fingerprint density at radius 1 is 1.00 bits per heavy atom. The number of aryl methyl sites for hydroxylation is 1. The zero-order valence-corrected chi connectivity index (χ0v) is 19.5. The monoisotopic (exact) mass is 473 g/mol. The van der Waals surface area contributed by atoms with Crippen molar-refractivity contribution in [1.29, 1.82) is 0 Å². The molecular formula is C27H24FN3O4. The molecule has 0 aliphatic heterocycles. The number of benzene rings is 3. The van der Waals surface area contributed by atoms with Crippen molar-refractivity contribution in [2.24, 2.45) is 0 Å². The average Bonchev–Trinajstić information content (AvgIpc) is 2.85. The minimum atomic E-state index is -1.02. The molecule has 0 saturated heterocycles. The number of nitrogens with one attached hydrogen (secondary N) is 1. The summed E-state index contributed by atoms with van der Waals surface area (Å²) in [4.78, 5) is 26.3. The van der Waals surface area contributed by atoms with E-state index >= 15 is 0 Å². The fraction of sp³-hybridized carbons (Fsp3) is 0.148. The zero-order valence-electron chi connectivity index (χ0n) is 19.5. The third-order valence-electron chi connectivity index (χ3n) is 5.29. The molecule has 0 aliphatic carbocycles. The van der Waals surface area contributed by atoms with Crippen LogP contribution in [0.25, 0.3) is 11.3 Å². The second kappa shape index (κ2) is 10.2. The number of methoxy groups -OCH3 is 1. The summed E-state index contributed by atoms with van der Waals surface area (Å²) in [5, 5.41) is 7.11. The van der Waals surface area contributed by atoms with Crippen LogP contribution in [-0.2, 0) is 4.79 Å².